The van der Waals surface area contributed by atoms with Crippen molar-refractivity contribution in [1.29, 1.82) is 0 Å². The Morgan fingerprint density at radius 3 is 3.00 bits per heavy atom. The second-order valence-corrected chi connectivity index (χ2v) is 3.96. The first kappa shape index (κ1) is 7.89. The molecule has 0 radical (unpaired) electrons. The molecule has 4 heteroatoms. The van der Waals surface area contributed by atoms with E-state index < -0.39 is 0 Å². The van der Waals surface area contributed by atoms with Gasteiger partial charge in [0.05, 0.1) is 24.2 Å². The summed E-state index contributed by atoms with van der Waals surface area (Å²) in [5.74, 6) is 0. The van der Waals surface area contributed by atoms with Gasteiger partial charge in [-0.15, -0.1) is 0 Å². The van der Waals surface area contributed by atoms with Gasteiger partial charge in [-0.2, -0.15) is 0 Å². The van der Waals surface area contributed by atoms with Crippen LogP contribution in [0.3, 0.4) is 0 Å². The van der Waals surface area contributed by atoms with Gasteiger partial charge in [0.25, 0.3) is 0 Å². The van der Waals surface area contributed by atoms with E-state index in [1.165, 1.54) is 0 Å². The molecule has 0 atom stereocenters. The van der Waals surface area contributed by atoms with Crippen LogP contribution in [0.5, 0.6) is 0 Å². The highest BCUT2D eigenvalue weighted by Crippen LogP contribution is 2.29. The van der Waals surface area contributed by atoms with E-state index in [9.17, 15) is 0 Å². The Morgan fingerprint density at radius 2 is 2.42 bits per heavy atom. The molecule has 0 spiro atoms. The van der Waals surface area contributed by atoms with Gasteiger partial charge < -0.3 is 10.5 Å². The first-order valence-corrected chi connectivity index (χ1v) is 4.69. The fourth-order valence-electron chi connectivity index (χ4n) is 0.942. The molecular formula is C8H10N2OS. The van der Waals surface area contributed by atoms with E-state index in [-0.39, 0.29) is 0 Å². The van der Waals surface area contributed by atoms with Gasteiger partial charge in [-0.1, -0.05) is 11.8 Å². The molecule has 1 aromatic heterocycles. The Labute approximate surface area is 75.3 Å². The number of aromatic nitrogens is 1. The predicted octanol–water partition coefficient (Wildman–Crippen LogP) is 1.15. The van der Waals surface area contributed by atoms with Crippen LogP contribution in [0.25, 0.3) is 0 Å². The molecule has 0 bridgehead atoms. The predicted molar refractivity (Wildman–Crippen MR) is 49.1 cm³/mol. The van der Waals surface area contributed by atoms with Crippen LogP contribution in [-0.2, 0) is 4.74 Å². The Bertz CT molecular complexity index is 276. The smallest absolute Gasteiger partial charge is 0.119 e. The van der Waals surface area contributed by atoms with E-state index in [1.807, 2.05) is 12.1 Å². The minimum atomic E-state index is 0.544. The second kappa shape index (κ2) is 3.33. The maximum Gasteiger partial charge on any atom is 0.119 e. The van der Waals surface area contributed by atoms with Crippen LogP contribution in [0, 0.1) is 0 Å². The maximum absolute atomic E-state index is 5.72. The van der Waals surface area contributed by atoms with Crippen LogP contribution in [0.2, 0.25) is 0 Å². The summed E-state index contributed by atoms with van der Waals surface area (Å²) in [5.41, 5.74) is 6.48. The number of pyridine rings is 1. The molecule has 0 unspecified atom stereocenters. The van der Waals surface area contributed by atoms with Gasteiger partial charge in [-0.3, -0.25) is 0 Å². The van der Waals surface area contributed by atoms with Crippen LogP contribution in [-0.4, -0.2) is 23.4 Å². The normalized spacial score (nSPS) is 17.3. The molecule has 2 rings (SSSR count). The number of nitrogens with two attached hydrogens (primary N) is 1. The minimum Gasteiger partial charge on any atom is -0.397 e. The van der Waals surface area contributed by atoms with E-state index in [1.54, 1.807) is 18.0 Å². The molecule has 1 saturated heterocycles. The number of rotatable bonds is 2. The number of ether oxygens (including phenoxy) is 1. The van der Waals surface area contributed by atoms with Gasteiger partial charge in [0.15, 0.2) is 0 Å². The average molecular weight is 182 g/mol. The van der Waals surface area contributed by atoms with Crippen LogP contribution in [0.1, 0.15) is 0 Å². The molecule has 0 saturated carbocycles. The molecule has 64 valence electrons. The third-order valence-corrected chi connectivity index (χ3v) is 2.86. The molecule has 1 aliphatic rings. The first-order chi connectivity index (χ1) is 5.86. The van der Waals surface area contributed by atoms with E-state index in [2.05, 4.69) is 4.98 Å². The number of hydrogen-bond donors (Lipinski definition) is 1. The van der Waals surface area contributed by atoms with Crippen LogP contribution in [0.15, 0.2) is 23.4 Å². The molecule has 2 heterocycles. The Kier molecular flexibility index (Phi) is 2.19. The highest BCUT2D eigenvalue weighted by Gasteiger charge is 2.20. The monoisotopic (exact) mass is 182 g/mol. The third kappa shape index (κ3) is 1.54. The Hall–Kier alpha value is -0.740. The lowest BCUT2D eigenvalue weighted by atomic mass is 10.4. The van der Waals surface area contributed by atoms with Gasteiger partial charge in [-0.05, 0) is 12.1 Å². The molecule has 1 aromatic rings. The van der Waals surface area contributed by atoms with Gasteiger partial charge in [0.2, 0.25) is 0 Å². The molecule has 1 aliphatic heterocycles. The summed E-state index contributed by atoms with van der Waals surface area (Å²) >= 11 is 1.70. The van der Waals surface area contributed by atoms with Crippen molar-refractivity contribution in [3.8, 4) is 0 Å². The maximum atomic E-state index is 5.72. The average Bonchev–Trinajstić information content (AvgIpc) is 2.00. The zero-order valence-electron chi connectivity index (χ0n) is 6.56. The summed E-state index contributed by atoms with van der Waals surface area (Å²) in [5, 5.41) is 1.47. The third-order valence-electron chi connectivity index (χ3n) is 1.69. The lowest BCUT2D eigenvalue weighted by molar-refractivity contribution is 0.0455. The molecule has 12 heavy (non-hydrogen) atoms. The topological polar surface area (TPSA) is 48.1 Å². The number of nitrogens with zero attached hydrogens (tertiary/aromatic N) is 1. The summed E-state index contributed by atoms with van der Waals surface area (Å²) in [6, 6.07) is 3.71. The minimum absolute atomic E-state index is 0.544. The first-order valence-electron chi connectivity index (χ1n) is 3.81. The second-order valence-electron chi connectivity index (χ2n) is 2.68. The van der Waals surface area contributed by atoms with Crippen molar-refractivity contribution < 1.29 is 4.74 Å². The fraction of sp³-hybridized carbons (Fsp3) is 0.375. The largest absolute Gasteiger partial charge is 0.397 e. The van der Waals surface area contributed by atoms with Gasteiger partial charge in [0.1, 0.15) is 5.03 Å². The SMILES string of the molecule is Nc1cccnc1SC1COC1. The summed E-state index contributed by atoms with van der Waals surface area (Å²) in [7, 11) is 0. The van der Waals surface area contributed by atoms with Crippen molar-refractivity contribution >= 4 is 17.4 Å². The summed E-state index contributed by atoms with van der Waals surface area (Å²) in [6.07, 6.45) is 1.76. The van der Waals surface area contributed by atoms with Gasteiger partial charge in [-0.25, -0.2) is 4.98 Å². The lowest BCUT2D eigenvalue weighted by Crippen LogP contribution is -2.30. The quantitative estimate of drug-likeness (QED) is 0.745. The van der Waals surface area contributed by atoms with Crippen molar-refractivity contribution in [3.05, 3.63) is 18.3 Å². The summed E-state index contributed by atoms with van der Waals surface area (Å²) in [4.78, 5) is 4.18. The van der Waals surface area contributed by atoms with Gasteiger partial charge in [0, 0.05) is 6.20 Å². The highest BCUT2D eigenvalue weighted by molar-refractivity contribution is 8.00. The number of hydrogen-bond acceptors (Lipinski definition) is 4. The van der Waals surface area contributed by atoms with Crippen molar-refractivity contribution in [2.24, 2.45) is 0 Å². The van der Waals surface area contributed by atoms with Crippen molar-refractivity contribution in [2.75, 3.05) is 18.9 Å². The van der Waals surface area contributed by atoms with E-state index in [4.69, 9.17) is 10.5 Å². The van der Waals surface area contributed by atoms with E-state index >= 15 is 0 Å². The number of nitrogen functional groups attached to an aromatic ring is 1. The van der Waals surface area contributed by atoms with E-state index in [0.717, 1.165) is 23.9 Å². The fourth-order valence-corrected chi connectivity index (χ4v) is 1.91. The van der Waals surface area contributed by atoms with Crippen molar-refractivity contribution in [1.82, 2.24) is 4.98 Å². The Balaban J connectivity index is 2.06. The van der Waals surface area contributed by atoms with Crippen LogP contribution >= 0.6 is 11.8 Å². The van der Waals surface area contributed by atoms with Crippen molar-refractivity contribution in [2.45, 2.75) is 10.3 Å². The standard InChI is InChI=1S/C8H10N2OS/c9-7-2-1-3-10-8(7)12-6-4-11-5-6/h1-3,6H,4-5,9H2. The van der Waals surface area contributed by atoms with Crippen LogP contribution in [0.4, 0.5) is 5.69 Å². The van der Waals surface area contributed by atoms with Crippen molar-refractivity contribution in [3.63, 3.8) is 0 Å². The molecule has 3 nitrogen and oxygen atoms in total. The van der Waals surface area contributed by atoms with E-state index in [0.29, 0.717) is 5.25 Å². The lowest BCUT2D eigenvalue weighted by Gasteiger charge is -2.24. The molecule has 0 amide bonds. The molecule has 2 N–H and O–H groups in total. The molecule has 1 fully saturated rings. The molecular weight excluding hydrogens is 172 g/mol. The van der Waals surface area contributed by atoms with Crippen LogP contribution < -0.4 is 5.73 Å². The zero-order valence-corrected chi connectivity index (χ0v) is 7.38. The summed E-state index contributed by atoms with van der Waals surface area (Å²) in [6.45, 7) is 1.64. The summed E-state index contributed by atoms with van der Waals surface area (Å²) < 4.78 is 5.06. The highest BCUT2D eigenvalue weighted by atomic mass is 32.2. The number of thioether (sulfide) groups is 1. The molecule has 0 aromatic carbocycles. The number of anilines is 1. The zero-order chi connectivity index (χ0) is 8.39. The Morgan fingerprint density at radius 1 is 1.58 bits per heavy atom. The molecule has 0 aliphatic carbocycles. The van der Waals surface area contributed by atoms with Gasteiger partial charge >= 0.3 is 0 Å².